The smallest absolute Gasteiger partial charge is 0.313 e. The van der Waals surface area contributed by atoms with Gasteiger partial charge in [0.1, 0.15) is 13.2 Å². The highest BCUT2D eigenvalue weighted by molar-refractivity contribution is 6.28. The van der Waals surface area contributed by atoms with E-state index in [-0.39, 0.29) is 18.1 Å². The maximum atomic E-state index is 10.5. The summed E-state index contributed by atoms with van der Waals surface area (Å²) >= 11 is 5.14. The van der Waals surface area contributed by atoms with Crippen LogP contribution in [0, 0.1) is 0 Å². The molecule has 0 N–H and O–H groups in total. The number of ketones is 1. The van der Waals surface area contributed by atoms with Crippen LogP contribution >= 0.6 is 11.6 Å². The first-order valence-corrected chi connectivity index (χ1v) is 3.76. The molecule has 0 spiro atoms. The highest BCUT2D eigenvalue weighted by Gasteiger charge is 2.07. The predicted molar refractivity (Wildman–Crippen MR) is 44.1 cm³/mol. The van der Waals surface area contributed by atoms with Gasteiger partial charge in [-0.3, -0.25) is 9.59 Å². The van der Waals surface area contributed by atoms with Crippen molar-refractivity contribution in [3.8, 4) is 0 Å². The Balaban J connectivity index is 0. The Morgan fingerprint density at radius 3 is 2.25 bits per heavy atom. The Kier molecular flexibility index (Phi) is 11.5. The van der Waals surface area contributed by atoms with E-state index in [1.165, 1.54) is 0 Å². The molecule has 70 valence electrons. The van der Waals surface area contributed by atoms with Gasteiger partial charge in [-0.1, -0.05) is 0 Å². The first-order valence-electron chi connectivity index (χ1n) is 3.22. The van der Waals surface area contributed by atoms with E-state index in [9.17, 15) is 9.59 Å². The number of halogens is 1. The summed E-state index contributed by atoms with van der Waals surface area (Å²) in [5, 5.41) is 0. The molecule has 0 aliphatic rings. The van der Waals surface area contributed by atoms with E-state index in [2.05, 4.69) is 4.74 Å². The maximum Gasteiger partial charge on any atom is 0.313 e. The topological polar surface area (TPSA) is 60.4 Å². The molecule has 0 radical (unpaired) electrons. The average molecular weight is 195 g/mol. The van der Waals surface area contributed by atoms with Crippen LogP contribution in [-0.2, 0) is 19.1 Å². The Hall–Kier alpha value is -0.900. The monoisotopic (exact) mass is 194 g/mol. The molecule has 0 aromatic carbocycles. The molecular weight excluding hydrogens is 184 g/mol. The molecule has 5 heteroatoms. The Bertz CT molecular complexity index is 146. The number of esters is 1. The van der Waals surface area contributed by atoms with E-state index in [0.717, 1.165) is 0 Å². The van der Waals surface area contributed by atoms with Crippen molar-refractivity contribution in [2.45, 2.75) is 13.3 Å². The van der Waals surface area contributed by atoms with Crippen molar-refractivity contribution >= 4 is 30.1 Å². The van der Waals surface area contributed by atoms with Gasteiger partial charge in [0.15, 0.2) is 5.78 Å². The lowest BCUT2D eigenvalue weighted by Gasteiger charge is -1.97. The van der Waals surface area contributed by atoms with Crippen molar-refractivity contribution in [3.05, 3.63) is 0 Å². The van der Waals surface area contributed by atoms with E-state index in [0.29, 0.717) is 6.61 Å². The lowest BCUT2D eigenvalue weighted by molar-refractivity contribution is -0.145. The fourth-order valence-electron chi connectivity index (χ4n) is 0.420. The Morgan fingerprint density at radius 2 is 1.92 bits per heavy atom. The molecule has 4 nitrogen and oxygen atoms in total. The molecule has 0 unspecified atom stereocenters. The molecule has 0 rings (SSSR count). The minimum atomic E-state index is -0.506. The lowest BCUT2D eigenvalue weighted by atomic mass is 10.3. The van der Waals surface area contributed by atoms with Crippen molar-refractivity contribution in [1.29, 1.82) is 0 Å². The molecule has 0 bridgehead atoms. The second-order valence-electron chi connectivity index (χ2n) is 1.65. The number of hydrogen-bond acceptors (Lipinski definition) is 4. The largest absolute Gasteiger partial charge is 0.466 e. The molecule has 0 atom stereocenters. The molecule has 0 aliphatic heterocycles. The fraction of sp³-hybridized carbons (Fsp3) is 0.571. The predicted octanol–water partition coefficient (Wildman–Crippen LogP) is 0.563. The summed E-state index contributed by atoms with van der Waals surface area (Å²) in [5.74, 6) is -0.938. The third kappa shape index (κ3) is 9.10. The molecule has 0 amide bonds. The zero-order valence-corrected chi connectivity index (χ0v) is 7.60. The molecule has 0 aromatic rings. The van der Waals surface area contributed by atoms with E-state index >= 15 is 0 Å². The van der Waals surface area contributed by atoms with Gasteiger partial charge in [-0.2, -0.15) is 0 Å². The summed E-state index contributed by atoms with van der Waals surface area (Å²) in [5.41, 5.74) is 0. The first kappa shape index (κ1) is 13.7. The number of carbonyl (C=O) groups excluding carboxylic acids is 3. The summed E-state index contributed by atoms with van der Waals surface area (Å²) in [6.07, 6.45) is -0.211. The van der Waals surface area contributed by atoms with Gasteiger partial charge in [-0.25, -0.2) is 0 Å². The van der Waals surface area contributed by atoms with Crippen molar-refractivity contribution < 1.29 is 19.1 Å². The van der Waals surface area contributed by atoms with Crippen LogP contribution in [0.15, 0.2) is 0 Å². The van der Waals surface area contributed by atoms with Gasteiger partial charge in [0.2, 0.25) is 0 Å². The van der Waals surface area contributed by atoms with Gasteiger partial charge in [0.25, 0.3) is 0 Å². The van der Waals surface area contributed by atoms with Gasteiger partial charge in [0, 0.05) is 0 Å². The van der Waals surface area contributed by atoms with Crippen LogP contribution in [-0.4, -0.2) is 31.0 Å². The minimum absolute atomic E-state index is 0.126. The van der Waals surface area contributed by atoms with Crippen LogP contribution in [0.3, 0.4) is 0 Å². The van der Waals surface area contributed by atoms with E-state index in [1.807, 2.05) is 6.79 Å². The number of hydrogen-bond donors (Lipinski definition) is 0. The molecular formula is C7H11ClO4. The number of carbonyl (C=O) groups is 3. The van der Waals surface area contributed by atoms with Gasteiger partial charge in [-0.15, -0.1) is 11.6 Å². The van der Waals surface area contributed by atoms with Gasteiger partial charge >= 0.3 is 5.97 Å². The molecule has 0 heterocycles. The molecule has 0 aliphatic carbocycles. The molecule has 0 fully saturated rings. The van der Waals surface area contributed by atoms with Gasteiger partial charge < -0.3 is 9.53 Å². The van der Waals surface area contributed by atoms with Crippen LogP contribution in [0.2, 0.25) is 0 Å². The van der Waals surface area contributed by atoms with Crippen molar-refractivity contribution in [1.82, 2.24) is 0 Å². The number of rotatable bonds is 4. The molecule has 0 aromatic heterocycles. The summed E-state index contributed by atoms with van der Waals surface area (Å²) in [4.78, 5) is 29.0. The lowest BCUT2D eigenvalue weighted by Crippen LogP contribution is -2.11. The maximum absolute atomic E-state index is 10.5. The van der Waals surface area contributed by atoms with Crippen molar-refractivity contribution in [2.24, 2.45) is 0 Å². The van der Waals surface area contributed by atoms with Crippen LogP contribution in [0.5, 0.6) is 0 Å². The second kappa shape index (κ2) is 10.1. The summed E-state index contributed by atoms with van der Waals surface area (Å²) in [6, 6.07) is 0. The highest BCUT2D eigenvalue weighted by Crippen LogP contribution is 1.90. The zero-order valence-electron chi connectivity index (χ0n) is 6.84. The number of ether oxygens (including phenoxy) is 1. The first-order chi connectivity index (χ1) is 5.70. The number of Topliss-reactive ketones (excluding diaryl/α,β-unsaturated/α-hetero) is 1. The molecule has 0 saturated heterocycles. The number of alkyl halides is 1. The third-order valence-corrected chi connectivity index (χ3v) is 1.09. The summed E-state index contributed by atoms with van der Waals surface area (Å²) < 4.78 is 4.50. The van der Waals surface area contributed by atoms with E-state index < -0.39 is 5.97 Å². The van der Waals surface area contributed by atoms with Crippen molar-refractivity contribution in [2.75, 3.05) is 12.5 Å². The van der Waals surface area contributed by atoms with Gasteiger partial charge in [0.05, 0.1) is 12.5 Å². The zero-order chi connectivity index (χ0) is 9.98. The Labute approximate surface area is 75.8 Å². The highest BCUT2D eigenvalue weighted by atomic mass is 35.5. The van der Waals surface area contributed by atoms with Gasteiger partial charge in [-0.05, 0) is 6.92 Å². The fourth-order valence-corrected chi connectivity index (χ4v) is 0.515. The van der Waals surface area contributed by atoms with Crippen LogP contribution < -0.4 is 0 Å². The van der Waals surface area contributed by atoms with Crippen molar-refractivity contribution in [3.63, 3.8) is 0 Å². The quantitative estimate of drug-likeness (QED) is 0.373. The van der Waals surface area contributed by atoms with E-state index in [1.54, 1.807) is 6.92 Å². The minimum Gasteiger partial charge on any atom is -0.466 e. The Morgan fingerprint density at radius 1 is 1.42 bits per heavy atom. The normalized spacial score (nSPS) is 7.83. The van der Waals surface area contributed by atoms with Crippen LogP contribution in [0.25, 0.3) is 0 Å². The summed E-state index contributed by atoms with van der Waals surface area (Å²) in [7, 11) is 0. The molecule has 12 heavy (non-hydrogen) atoms. The SMILES string of the molecule is C=O.CCOC(=O)CC(=O)CCl. The van der Waals surface area contributed by atoms with E-state index in [4.69, 9.17) is 16.4 Å². The summed E-state index contributed by atoms with van der Waals surface area (Å²) in [6.45, 7) is 3.98. The average Bonchev–Trinajstić information content (AvgIpc) is 2.08. The van der Waals surface area contributed by atoms with Crippen LogP contribution in [0.1, 0.15) is 13.3 Å². The van der Waals surface area contributed by atoms with Crippen LogP contribution in [0.4, 0.5) is 0 Å². The molecule has 0 saturated carbocycles. The third-order valence-electron chi connectivity index (χ3n) is 0.796. The second-order valence-corrected chi connectivity index (χ2v) is 1.92. The standard InChI is InChI=1S/C6H9ClO3.CH2O/c1-2-10-6(9)3-5(8)4-7;1-2/h2-4H2,1H3;1H2.